The SMILES string of the molecule is CC1(C)NC(=O)c2ccc(Nc3cc(N[C@H](CO)c4ccccc4)c(-c4nc(N5CCOCC5)no4)cn3)cc21. The average molecular weight is 542 g/mol. The monoisotopic (exact) mass is 541 g/mol. The van der Waals surface area contributed by atoms with Crippen molar-refractivity contribution in [2.24, 2.45) is 0 Å². The Bertz CT molecular complexity index is 1520. The van der Waals surface area contributed by atoms with Crippen LogP contribution in [0.3, 0.4) is 0 Å². The quantitative estimate of drug-likeness (QED) is 0.260. The first-order chi connectivity index (χ1) is 19.4. The maximum absolute atomic E-state index is 12.3. The zero-order chi connectivity index (χ0) is 27.7. The normalized spacial score (nSPS) is 16.8. The van der Waals surface area contributed by atoms with Gasteiger partial charge < -0.3 is 35.2 Å². The minimum Gasteiger partial charge on any atom is -0.394 e. The smallest absolute Gasteiger partial charge is 0.266 e. The zero-order valence-corrected chi connectivity index (χ0v) is 22.3. The van der Waals surface area contributed by atoms with Crippen molar-refractivity contribution in [1.82, 2.24) is 20.4 Å². The van der Waals surface area contributed by atoms with Gasteiger partial charge in [0.25, 0.3) is 17.7 Å². The molecule has 0 spiro atoms. The summed E-state index contributed by atoms with van der Waals surface area (Å²) < 4.78 is 11.1. The van der Waals surface area contributed by atoms with Crippen molar-refractivity contribution in [2.45, 2.75) is 25.4 Å². The molecule has 2 aromatic carbocycles. The topological polar surface area (TPSA) is 138 Å². The van der Waals surface area contributed by atoms with Crippen molar-refractivity contribution < 1.29 is 19.2 Å². The fourth-order valence-electron chi connectivity index (χ4n) is 5.04. The van der Waals surface area contributed by atoms with Crippen LogP contribution in [0, 0.1) is 0 Å². The first kappa shape index (κ1) is 25.8. The molecule has 1 saturated heterocycles. The van der Waals surface area contributed by atoms with E-state index < -0.39 is 5.54 Å². The predicted molar refractivity (Wildman–Crippen MR) is 151 cm³/mol. The summed E-state index contributed by atoms with van der Waals surface area (Å²) in [6, 6.07) is 16.8. The van der Waals surface area contributed by atoms with E-state index in [1.807, 2.05) is 73.3 Å². The molecule has 2 aliphatic rings. The number of carbonyl (C=O) groups is 1. The van der Waals surface area contributed by atoms with Crippen LogP contribution in [0.5, 0.6) is 0 Å². The van der Waals surface area contributed by atoms with Crippen LogP contribution in [0.15, 0.2) is 65.3 Å². The van der Waals surface area contributed by atoms with Gasteiger partial charge in [0.05, 0.1) is 42.7 Å². The molecule has 0 aliphatic carbocycles. The van der Waals surface area contributed by atoms with Crippen LogP contribution in [0.1, 0.15) is 41.4 Å². The molecule has 1 atom stereocenters. The summed E-state index contributed by atoms with van der Waals surface area (Å²) in [5.41, 5.74) is 4.12. The van der Waals surface area contributed by atoms with Gasteiger partial charge in [0, 0.05) is 36.6 Å². The van der Waals surface area contributed by atoms with Gasteiger partial charge in [-0.2, -0.15) is 4.98 Å². The largest absolute Gasteiger partial charge is 0.394 e. The number of rotatable bonds is 8. The van der Waals surface area contributed by atoms with Gasteiger partial charge in [-0.1, -0.05) is 30.3 Å². The van der Waals surface area contributed by atoms with E-state index in [4.69, 9.17) is 9.26 Å². The van der Waals surface area contributed by atoms with Crippen LogP contribution in [0.2, 0.25) is 0 Å². The van der Waals surface area contributed by atoms with Gasteiger partial charge in [0.15, 0.2) is 0 Å². The number of morpholine rings is 1. The Morgan fingerprint density at radius 1 is 1.10 bits per heavy atom. The van der Waals surface area contributed by atoms with Crippen LogP contribution in [0.4, 0.5) is 23.1 Å². The highest BCUT2D eigenvalue weighted by Gasteiger charge is 2.35. The van der Waals surface area contributed by atoms with Crippen molar-refractivity contribution in [2.75, 3.05) is 48.4 Å². The van der Waals surface area contributed by atoms with E-state index in [9.17, 15) is 9.90 Å². The number of aromatic nitrogens is 3. The second-order valence-electron chi connectivity index (χ2n) is 10.4. The van der Waals surface area contributed by atoms with E-state index in [1.54, 1.807) is 6.20 Å². The number of benzene rings is 2. The number of pyridine rings is 1. The predicted octanol–water partition coefficient (Wildman–Crippen LogP) is 3.84. The van der Waals surface area contributed by atoms with Gasteiger partial charge in [-0.05, 0) is 48.3 Å². The molecule has 2 aliphatic heterocycles. The van der Waals surface area contributed by atoms with Crippen LogP contribution in [-0.4, -0.2) is 59.0 Å². The highest BCUT2D eigenvalue weighted by Crippen LogP contribution is 2.35. The molecule has 11 heteroatoms. The van der Waals surface area contributed by atoms with Crippen molar-refractivity contribution in [1.29, 1.82) is 0 Å². The minimum absolute atomic E-state index is 0.0764. The average Bonchev–Trinajstić information content (AvgIpc) is 3.55. The van der Waals surface area contributed by atoms with Gasteiger partial charge in [-0.25, -0.2) is 4.98 Å². The van der Waals surface area contributed by atoms with E-state index in [2.05, 4.69) is 31.1 Å². The number of ether oxygens (including phenoxy) is 1. The number of hydrogen-bond donors (Lipinski definition) is 4. The van der Waals surface area contributed by atoms with Crippen molar-refractivity contribution in [3.05, 3.63) is 77.5 Å². The maximum Gasteiger partial charge on any atom is 0.266 e. The highest BCUT2D eigenvalue weighted by atomic mass is 16.5. The number of hydrogen-bond acceptors (Lipinski definition) is 10. The lowest BCUT2D eigenvalue weighted by Crippen LogP contribution is -2.36. The molecule has 0 unspecified atom stereocenters. The van der Waals surface area contributed by atoms with E-state index in [1.165, 1.54) is 0 Å². The van der Waals surface area contributed by atoms with E-state index in [0.29, 0.717) is 60.8 Å². The number of aliphatic hydroxyl groups is 1. The Morgan fingerprint density at radius 2 is 1.90 bits per heavy atom. The lowest BCUT2D eigenvalue weighted by Gasteiger charge is -2.24. The van der Waals surface area contributed by atoms with Gasteiger partial charge in [-0.3, -0.25) is 4.79 Å². The standard InChI is InChI=1S/C29H31N7O4/c1-29(2)22-14-19(8-9-20(22)26(38)34-29)31-25-15-23(32-24(17-37)18-6-4-3-5-7-18)21(16-30-25)27-33-28(35-40-27)36-10-12-39-13-11-36/h3-9,14-16,24,37H,10-13,17H2,1-2H3,(H,34,38)(H2,30,31,32)/t24-/m1/s1. The summed E-state index contributed by atoms with van der Waals surface area (Å²) >= 11 is 0. The fourth-order valence-corrected chi connectivity index (χ4v) is 5.04. The zero-order valence-electron chi connectivity index (χ0n) is 22.3. The summed E-state index contributed by atoms with van der Waals surface area (Å²) in [5.74, 6) is 1.31. The number of aliphatic hydroxyl groups excluding tert-OH is 1. The summed E-state index contributed by atoms with van der Waals surface area (Å²) in [5, 5.41) is 24.2. The van der Waals surface area contributed by atoms with Crippen LogP contribution in [0.25, 0.3) is 11.5 Å². The van der Waals surface area contributed by atoms with Gasteiger partial charge in [-0.15, -0.1) is 0 Å². The fraction of sp³-hybridized carbons (Fsp3) is 0.310. The molecule has 4 N–H and O–H groups in total. The van der Waals surface area contributed by atoms with E-state index in [0.717, 1.165) is 16.8 Å². The second-order valence-corrected chi connectivity index (χ2v) is 10.4. The molecule has 40 heavy (non-hydrogen) atoms. The van der Waals surface area contributed by atoms with Gasteiger partial charge >= 0.3 is 0 Å². The Morgan fingerprint density at radius 3 is 2.67 bits per heavy atom. The molecule has 11 nitrogen and oxygen atoms in total. The van der Waals surface area contributed by atoms with Crippen molar-refractivity contribution in [3.8, 4) is 11.5 Å². The number of anilines is 4. The third-order valence-corrected chi connectivity index (χ3v) is 7.19. The Hall–Kier alpha value is -4.48. The summed E-state index contributed by atoms with van der Waals surface area (Å²) in [6.45, 7) is 6.41. The Kier molecular flexibility index (Phi) is 6.82. The van der Waals surface area contributed by atoms with E-state index in [-0.39, 0.29) is 18.6 Å². The minimum atomic E-state index is -0.464. The number of nitrogens with one attached hydrogen (secondary N) is 3. The molecule has 4 heterocycles. The third kappa shape index (κ3) is 5.08. The number of nitrogens with zero attached hydrogens (tertiary/aromatic N) is 4. The number of carbonyl (C=O) groups excluding carboxylic acids is 1. The number of amides is 1. The Balaban J connectivity index is 1.34. The van der Waals surface area contributed by atoms with Crippen LogP contribution >= 0.6 is 0 Å². The van der Waals surface area contributed by atoms with Gasteiger partial charge in [0.1, 0.15) is 5.82 Å². The molecule has 6 rings (SSSR count). The molecule has 1 amide bonds. The van der Waals surface area contributed by atoms with Crippen molar-refractivity contribution in [3.63, 3.8) is 0 Å². The van der Waals surface area contributed by atoms with E-state index >= 15 is 0 Å². The molecular weight excluding hydrogens is 510 g/mol. The first-order valence-electron chi connectivity index (χ1n) is 13.2. The summed E-state index contributed by atoms with van der Waals surface area (Å²) in [7, 11) is 0. The molecule has 4 aromatic rings. The van der Waals surface area contributed by atoms with Crippen LogP contribution < -0.4 is 20.9 Å². The molecule has 2 aromatic heterocycles. The molecule has 0 bridgehead atoms. The van der Waals surface area contributed by atoms with Gasteiger partial charge in [0.2, 0.25) is 0 Å². The second kappa shape index (κ2) is 10.6. The molecule has 0 radical (unpaired) electrons. The van der Waals surface area contributed by atoms with Crippen molar-refractivity contribution >= 4 is 29.0 Å². The molecule has 206 valence electrons. The van der Waals surface area contributed by atoms with Crippen LogP contribution in [-0.2, 0) is 10.3 Å². The third-order valence-electron chi connectivity index (χ3n) is 7.19. The molecule has 1 fully saturated rings. The number of fused-ring (bicyclic) bond motifs is 1. The highest BCUT2D eigenvalue weighted by molar-refractivity contribution is 6.00. The maximum atomic E-state index is 12.3. The summed E-state index contributed by atoms with van der Waals surface area (Å²) in [6.07, 6.45) is 1.67. The lowest BCUT2D eigenvalue weighted by atomic mass is 9.94. The first-order valence-corrected chi connectivity index (χ1v) is 13.2. The molecular formula is C29H31N7O4. The summed E-state index contributed by atoms with van der Waals surface area (Å²) in [4.78, 5) is 23.6. The molecule has 0 saturated carbocycles. The lowest BCUT2D eigenvalue weighted by molar-refractivity contribution is 0.0940. The Labute approximate surface area is 231 Å².